The van der Waals surface area contributed by atoms with Gasteiger partial charge in [0.25, 0.3) is 0 Å². The van der Waals surface area contributed by atoms with Gasteiger partial charge < -0.3 is 49.2 Å². The molecular weight excluding hydrogens is 1990 g/mol. The molecule has 0 saturated carbocycles. The van der Waals surface area contributed by atoms with Crippen LogP contribution in [0.4, 0.5) is 140 Å². The average molecular weight is 2070 g/mol. The quantitative estimate of drug-likeness (QED) is 0.0171. The Morgan fingerprint density at radius 3 is 0.643 bits per heavy atom. The van der Waals surface area contributed by atoms with E-state index >= 15 is 0 Å². The topological polar surface area (TPSA) is 120 Å². The minimum atomic E-state index is -4.85. The Bertz CT molecular complexity index is 5940. The molecule has 1 heterocycles. The number of aliphatic hydroxyl groups excluding tert-OH is 1. The zero-order valence-electron chi connectivity index (χ0n) is 74.0. The van der Waals surface area contributed by atoms with E-state index in [0.717, 1.165) is 61.7 Å². The van der Waals surface area contributed by atoms with E-state index < -0.39 is 260 Å². The van der Waals surface area contributed by atoms with E-state index in [2.05, 4.69) is 18.9 Å². The van der Waals surface area contributed by atoms with E-state index in [-0.39, 0.29) is 154 Å². The molecule has 1 aliphatic heterocycles. The minimum Gasteiger partial charge on any atom is -1.00 e. The van der Waals surface area contributed by atoms with Crippen LogP contribution in [0.15, 0.2) is 170 Å². The van der Waals surface area contributed by atoms with Gasteiger partial charge >= 0.3 is 43.3 Å². The van der Waals surface area contributed by atoms with Crippen molar-refractivity contribution in [3.63, 3.8) is 0 Å². The first-order valence-electron chi connectivity index (χ1n) is 41.9. The number of carbonyl (C=O) groups excluding carboxylic acids is 1. The molecule has 45 heteroatoms. The first kappa shape index (κ1) is 114. The summed E-state index contributed by atoms with van der Waals surface area (Å²) in [4.78, 5) is 12.4. The molecule has 13 rings (SSSR count). The Labute approximate surface area is 814 Å². The van der Waals surface area contributed by atoms with Gasteiger partial charge in [-0.05, 0) is 196 Å². The number of ketones is 1. The zero-order chi connectivity index (χ0) is 103. The summed E-state index contributed by atoms with van der Waals surface area (Å²) in [5.74, 6) is -47.8. The van der Waals surface area contributed by atoms with Crippen molar-refractivity contribution in [1.29, 1.82) is 0 Å². The molecule has 1 fully saturated rings. The van der Waals surface area contributed by atoms with Crippen molar-refractivity contribution in [2.24, 2.45) is 0 Å². The third kappa shape index (κ3) is 30.1. The summed E-state index contributed by atoms with van der Waals surface area (Å²) in [5.41, 5.74) is -11.5. The van der Waals surface area contributed by atoms with Gasteiger partial charge in [0, 0.05) is 121 Å². The maximum Gasteiger partial charge on any atom is 1.00 e. The molecule has 0 amide bonds. The van der Waals surface area contributed by atoms with Gasteiger partial charge in [-0.2, -0.15) is 35.1 Å². The van der Waals surface area contributed by atoms with Gasteiger partial charge in [0.15, 0.2) is 87.2 Å². The molecule has 12 aromatic carbocycles. The molecule has 0 bridgehead atoms. The van der Waals surface area contributed by atoms with Crippen molar-refractivity contribution >= 4 is 23.1 Å². The second-order valence-corrected chi connectivity index (χ2v) is 30.9. The van der Waals surface area contributed by atoms with Crippen molar-refractivity contribution in [1.82, 2.24) is 0 Å². The number of unbranched alkanes of at least 4 members (excludes halogenated alkanes) is 4. The normalized spacial score (nSPS) is 12.1. The van der Waals surface area contributed by atoms with Crippen LogP contribution in [0.25, 0.3) is 44.5 Å². The third-order valence-corrected chi connectivity index (χ3v) is 20.6. The van der Waals surface area contributed by atoms with Gasteiger partial charge in [0.2, 0.25) is 0 Å². The van der Waals surface area contributed by atoms with Crippen molar-refractivity contribution in [2.45, 2.75) is 120 Å². The summed E-state index contributed by atoms with van der Waals surface area (Å²) >= 11 is 0. The fraction of sp³-hybridized carbons (Fsp3) is 0.255. The van der Waals surface area contributed by atoms with E-state index in [1.807, 2.05) is 0 Å². The smallest absolute Gasteiger partial charge is 1.00 e. The number of hydrogen-bond donors (Lipinski definition) is 1. The Balaban J connectivity index is 0.000000328. The zero-order valence-corrected chi connectivity index (χ0v) is 73.0. The van der Waals surface area contributed by atoms with Gasteiger partial charge in [-0.25, -0.2) is 105 Å². The number of aliphatic hydroxyl groups is 1. The molecule has 1 aliphatic rings. The Hall–Kier alpha value is -12.5. The molecule has 11 nitrogen and oxygen atoms in total. The van der Waals surface area contributed by atoms with E-state index in [0.29, 0.717) is 113 Å². The predicted octanol–water partition coefficient (Wildman–Crippen LogP) is 25.1. The fourth-order valence-corrected chi connectivity index (χ4v) is 13.8. The van der Waals surface area contributed by atoms with Gasteiger partial charge in [-0.1, -0.05) is 0 Å². The average Bonchev–Trinajstić information content (AvgIpc) is 0.823. The van der Waals surface area contributed by atoms with Gasteiger partial charge in [-0.3, -0.25) is 4.79 Å². The third-order valence-electron chi connectivity index (χ3n) is 20.6. The molecule has 143 heavy (non-hydrogen) atoms. The number of hydrogen-bond acceptors (Lipinski definition) is 11. The summed E-state index contributed by atoms with van der Waals surface area (Å²) in [6.07, 6.45) is -13.4. The van der Waals surface area contributed by atoms with Gasteiger partial charge in [-0.15, -0.1) is 0 Å². The molecule has 12 aromatic rings. The van der Waals surface area contributed by atoms with E-state index in [1.165, 1.54) is 37.1 Å². The van der Waals surface area contributed by atoms with Crippen molar-refractivity contribution < 1.29 is 213 Å². The molecule has 0 aromatic heterocycles. The monoisotopic (exact) mass is 2070 g/mol. The SMILES string of the molecule is C1CCOC1.O=C(CCCCOc1ccc(-c2cc(F)c(C(F)(F)Oc3cc(F)c(F)c(F)c3)c(F)c2)c(F)c1)CCCCOc1ccc(-c2cc(F)c(C(F)(F)Oc3cc(F)c(F)c(F)c3)c(F)c2)c(F)c1.OC(CCCCOc1ccc(-c2cc(F)c(C(F)(F)Oc3cc(F)c(F)c(F)c3)c(F)c2)c(F)c1)CCCCOc1ccc(-c2cc(F)c(C(F)(F)Oc3cc(F)c(F)c(F)c3)c(F)c2)c(F)c1.[AlH3].[H-].[Li+]. The largest absolute Gasteiger partial charge is 1.00 e. The second-order valence-electron chi connectivity index (χ2n) is 30.9. The molecule has 0 radical (unpaired) electrons. The Kier molecular flexibility index (Phi) is 40.0. The molecule has 760 valence electrons. The minimum absolute atomic E-state index is 0. The van der Waals surface area contributed by atoms with E-state index in [9.17, 15) is 150 Å². The number of alkyl halides is 8. The Morgan fingerprint density at radius 2 is 0.462 bits per heavy atom. The fourth-order valence-electron chi connectivity index (χ4n) is 13.8. The van der Waals surface area contributed by atoms with E-state index in [4.69, 9.17) is 23.7 Å². The number of rotatable bonds is 40. The van der Waals surface area contributed by atoms with Crippen molar-refractivity contribution in [3.8, 4) is 90.5 Å². The van der Waals surface area contributed by atoms with Gasteiger partial charge in [0.05, 0.1) is 32.5 Å². The number of ether oxygens (including phenoxy) is 9. The van der Waals surface area contributed by atoms with Crippen LogP contribution < -0.4 is 56.8 Å². The van der Waals surface area contributed by atoms with Crippen molar-refractivity contribution in [2.75, 3.05) is 39.6 Å². The summed E-state index contributed by atoms with van der Waals surface area (Å²) in [7, 11) is 0. The number of halogens is 32. The van der Waals surface area contributed by atoms with Crippen LogP contribution in [0.5, 0.6) is 46.0 Å². The van der Waals surface area contributed by atoms with Crippen LogP contribution in [0.1, 0.15) is 114 Å². The first-order chi connectivity index (χ1) is 66.6. The number of Topliss-reactive ketones (excluding diaryl/α,β-unsaturated/α-hetero) is 1. The van der Waals surface area contributed by atoms with Crippen LogP contribution >= 0.6 is 0 Å². The van der Waals surface area contributed by atoms with Crippen LogP contribution in [0.2, 0.25) is 0 Å². The molecule has 0 unspecified atom stereocenters. The van der Waals surface area contributed by atoms with E-state index in [1.54, 1.807) is 0 Å². The van der Waals surface area contributed by atoms with Crippen LogP contribution in [-0.4, -0.2) is 74.0 Å². The molecule has 0 spiro atoms. The maximum atomic E-state index is 15.0. The number of benzene rings is 12. The molecule has 1 N–H and O–H groups in total. The maximum absolute atomic E-state index is 15.0. The molecule has 0 aliphatic carbocycles. The van der Waals surface area contributed by atoms with Crippen LogP contribution in [-0.2, 0) is 34.0 Å². The summed E-state index contributed by atoms with van der Waals surface area (Å²) in [5, 5.41) is 10.4. The van der Waals surface area contributed by atoms with Crippen LogP contribution in [0, 0.1) is 140 Å². The molecule has 1 saturated heterocycles. The second kappa shape index (κ2) is 50.2. The number of carbonyl (C=O) groups is 1. The summed E-state index contributed by atoms with van der Waals surface area (Å²) in [6.45, 7) is 2.18. The predicted molar refractivity (Wildman–Crippen MR) is 450 cm³/mol. The molecule has 0 atom stereocenters. The standard InChI is InChI=1S/C47H32F16O5.C47H30F16O5.C4H8O.Al.Li.4H/c2*48-32-17-26(7-9-30(32)23-13-34(50)42(35(51)14-23)46(60,61)67-28-19-38(54)44(58)39(55)20-28)65-11-3-1-5-25(64)6-2-4-12-66-27-8-10-31(33(49)18-27)24-15-36(52)43(37(53)16-24)47(62,63)68-29-21-40(56)45(59)41(57)22-29;1-2-4-5-3-1;;;;;;/h7-10,13-22,25,64H,1-6,11-12H2;7-10,13-22H,1-6,11-12H2;1-4H2;;;;;;/q;;;;+1;;;;-1. The molecular formula is C98H74AlF32LiO11. The summed E-state index contributed by atoms with van der Waals surface area (Å²) in [6, 6.07) is 16.1. The van der Waals surface area contributed by atoms with Gasteiger partial charge in [0.1, 0.15) is 144 Å². The van der Waals surface area contributed by atoms with Crippen molar-refractivity contribution in [3.05, 3.63) is 332 Å². The van der Waals surface area contributed by atoms with Crippen LogP contribution in [0.3, 0.4) is 0 Å². The summed E-state index contributed by atoms with van der Waals surface area (Å²) < 4.78 is 499. The first-order valence-corrected chi connectivity index (χ1v) is 41.9. The Morgan fingerprint density at radius 1 is 0.273 bits per heavy atom.